The summed E-state index contributed by atoms with van der Waals surface area (Å²) in [7, 11) is 0. The molecule has 1 aliphatic heterocycles. The van der Waals surface area contributed by atoms with Crippen LogP contribution in [0.4, 0.5) is 4.79 Å². The number of hydrogen-bond donors (Lipinski definition) is 5. The van der Waals surface area contributed by atoms with E-state index in [1.807, 2.05) is 20.8 Å². The summed E-state index contributed by atoms with van der Waals surface area (Å²) in [5.74, 6) is -3.68. The molecule has 2 aliphatic carbocycles. The number of carbonyl (C=O) groups is 7. The van der Waals surface area contributed by atoms with Gasteiger partial charge in [0.25, 0.3) is 5.91 Å². The smallest absolute Gasteiger partial charge is 0.329 e. The second kappa shape index (κ2) is 21.1. The third-order valence-electron chi connectivity index (χ3n) is 9.40. The van der Waals surface area contributed by atoms with Gasteiger partial charge in [0.15, 0.2) is 0 Å². The van der Waals surface area contributed by atoms with Crippen LogP contribution in [0.2, 0.25) is 0 Å². The summed E-state index contributed by atoms with van der Waals surface area (Å²) in [6, 6.07) is -4.54. The molecule has 2 saturated carbocycles. The number of aliphatic hydroxyl groups is 1. The maximum atomic E-state index is 14.3. The Morgan fingerprint density at radius 3 is 1.89 bits per heavy atom. The topological polar surface area (TPSA) is 210 Å². The van der Waals surface area contributed by atoms with Gasteiger partial charge in [-0.05, 0) is 105 Å². The number of urea groups is 1. The van der Waals surface area contributed by atoms with Crippen molar-refractivity contribution in [1.29, 1.82) is 0 Å². The number of carbonyl (C=O) groups excluding carboxylic acids is 7. The van der Waals surface area contributed by atoms with Gasteiger partial charge in [0.1, 0.15) is 23.7 Å². The third kappa shape index (κ3) is 18.0. The molecule has 3 rings (SSSR count). The fraction of sp³-hybridized carbons (Fsp3) is 0.829. The van der Waals surface area contributed by atoms with E-state index in [1.54, 1.807) is 55.4 Å². The zero-order valence-corrected chi connectivity index (χ0v) is 35.8. The first-order valence-corrected chi connectivity index (χ1v) is 20.4. The Bertz CT molecular complexity index is 1360. The van der Waals surface area contributed by atoms with Gasteiger partial charge in [-0.3, -0.25) is 24.0 Å². The molecule has 0 aromatic heterocycles. The van der Waals surface area contributed by atoms with Crippen molar-refractivity contribution in [3.63, 3.8) is 0 Å². The average Bonchev–Trinajstić information content (AvgIpc) is 3.73. The summed E-state index contributed by atoms with van der Waals surface area (Å²) < 4.78 is 10.6. The fourth-order valence-corrected chi connectivity index (χ4v) is 6.68. The Balaban J connectivity index is 0.00000203. The van der Waals surface area contributed by atoms with E-state index in [0.29, 0.717) is 25.8 Å². The molecule has 0 bridgehead atoms. The van der Waals surface area contributed by atoms with Crippen molar-refractivity contribution >= 4 is 41.5 Å². The van der Waals surface area contributed by atoms with E-state index in [1.165, 1.54) is 4.90 Å². The molecule has 0 aromatic carbocycles. The van der Waals surface area contributed by atoms with Gasteiger partial charge in [0.05, 0.1) is 24.2 Å². The van der Waals surface area contributed by atoms with Crippen LogP contribution in [-0.4, -0.2) is 106 Å². The highest BCUT2D eigenvalue weighted by Crippen LogP contribution is 2.34. The molecule has 56 heavy (non-hydrogen) atoms. The summed E-state index contributed by atoms with van der Waals surface area (Å²) in [6.07, 6.45) is 6.76. The summed E-state index contributed by atoms with van der Waals surface area (Å²) in [5, 5.41) is 19.4. The van der Waals surface area contributed by atoms with Crippen LogP contribution in [0.5, 0.6) is 0 Å². The van der Waals surface area contributed by atoms with Crippen LogP contribution in [0.3, 0.4) is 0 Å². The third-order valence-corrected chi connectivity index (χ3v) is 9.40. The number of ether oxygens (including phenoxy) is 2. The van der Waals surface area contributed by atoms with Crippen molar-refractivity contribution < 1.29 is 48.1 Å². The molecule has 1 heterocycles. The lowest BCUT2D eigenvalue weighted by Gasteiger charge is -2.36. The largest absolute Gasteiger partial charge is 0.461 e. The van der Waals surface area contributed by atoms with Crippen molar-refractivity contribution in [2.24, 2.45) is 17.3 Å². The lowest BCUT2D eigenvalue weighted by atomic mass is 9.83. The number of esters is 2. The molecule has 1 saturated heterocycles. The molecule has 5 amide bonds. The minimum atomic E-state index is -1.08. The van der Waals surface area contributed by atoms with Gasteiger partial charge in [-0.25, -0.2) is 9.59 Å². The zero-order chi connectivity index (χ0) is 42.6. The Labute approximate surface area is 333 Å². The van der Waals surface area contributed by atoms with E-state index < -0.39 is 82.3 Å². The molecule has 320 valence electrons. The second-order valence-corrected chi connectivity index (χ2v) is 18.8. The van der Waals surface area contributed by atoms with Gasteiger partial charge < -0.3 is 40.7 Å². The maximum Gasteiger partial charge on any atom is 0.329 e. The number of ketones is 1. The van der Waals surface area contributed by atoms with E-state index in [0.717, 1.165) is 44.9 Å². The monoisotopic (exact) mass is 794 g/mol. The Hall–Kier alpha value is -3.75. The molecule has 3 aliphatic rings. The highest BCUT2D eigenvalue weighted by Gasteiger charge is 2.43. The minimum Gasteiger partial charge on any atom is -0.461 e. The highest BCUT2D eigenvalue weighted by atomic mass is 16.6. The molecule has 0 aromatic rings. The molecular formula is C41H71N5O10. The Morgan fingerprint density at radius 1 is 0.786 bits per heavy atom. The predicted molar refractivity (Wildman–Crippen MR) is 211 cm³/mol. The maximum absolute atomic E-state index is 14.3. The van der Waals surface area contributed by atoms with Gasteiger partial charge >= 0.3 is 18.0 Å². The van der Waals surface area contributed by atoms with Gasteiger partial charge in [-0.1, -0.05) is 52.9 Å². The number of Topliss-reactive ketones (excluding diaryl/α,β-unsaturated/α-hetero) is 1. The van der Waals surface area contributed by atoms with E-state index in [-0.39, 0.29) is 30.9 Å². The molecule has 4 atom stereocenters. The molecule has 5 N–H and O–H groups in total. The number of hydrogen-bond acceptors (Lipinski definition) is 10. The van der Waals surface area contributed by atoms with Crippen LogP contribution in [-0.2, 0) is 38.2 Å². The van der Waals surface area contributed by atoms with Crippen molar-refractivity contribution in [3.05, 3.63) is 0 Å². The summed E-state index contributed by atoms with van der Waals surface area (Å²) in [6.45, 7) is 19.5. The molecule has 3 fully saturated rings. The van der Waals surface area contributed by atoms with E-state index >= 15 is 0 Å². The van der Waals surface area contributed by atoms with Crippen LogP contribution in [0.1, 0.15) is 147 Å². The lowest BCUT2D eigenvalue weighted by Crippen LogP contribution is -2.60. The van der Waals surface area contributed by atoms with Crippen molar-refractivity contribution in [2.75, 3.05) is 13.1 Å². The van der Waals surface area contributed by atoms with Crippen LogP contribution in [0, 0.1) is 17.3 Å². The molecule has 15 nitrogen and oxygen atoms in total. The lowest BCUT2D eigenvalue weighted by molar-refractivity contribution is -0.155. The first-order valence-electron chi connectivity index (χ1n) is 20.4. The molecule has 0 spiro atoms. The van der Waals surface area contributed by atoms with Gasteiger partial charge in [-0.15, -0.1) is 0 Å². The SMILES string of the molecule is CC(C)(C)O.CC(C)OC(=O)C(NC(=O)NC(C(=O)N1CCCC1C(=O)NC(CC1CC1)C(=O)C(=O)NCCC(=O)OC(C)(C)C)C1CCCCC1)C(C)(C)C. The van der Waals surface area contributed by atoms with Gasteiger partial charge in [0, 0.05) is 13.1 Å². The van der Waals surface area contributed by atoms with Crippen LogP contribution in [0.15, 0.2) is 0 Å². The summed E-state index contributed by atoms with van der Waals surface area (Å²) in [4.78, 5) is 94.0. The number of nitrogens with zero attached hydrogens (tertiary/aromatic N) is 1. The van der Waals surface area contributed by atoms with Crippen molar-refractivity contribution in [3.8, 4) is 0 Å². The van der Waals surface area contributed by atoms with Crippen molar-refractivity contribution in [1.82, 2.24) is 26.2 Å². The normalized spacial score (nSPS) is 19.4. The molecule has 4 unspecified atom stereocenters. The van der Waals surface area contributed by atoms with Gasteiger partial charge in [-0.2, -0.15) is 0 Å². The number of amides is 5. The van der Waals surface area contributed by atoms with E-state index in [9.17, 15) is 33.6 Å². The second-order valence-electron chi connectivity index (χ2n) is 18.8. The van der Waals surface area contributed by atoms with Crippen LogP contribution < -0.4 is 21.3 Å². The fourth-order valence-electron chi connectivity index (χ4n) is 6.68. The standard InChI is InChI=1S/C37H61N5O9.C4H10O/c1-22(2)50-34(48)30(36(3,4)5)41-35(49)40-28(24-13-10-9-11-14-24)33(47)42-20-12-15-26(42)31(45)39-25(21-23-16-17-23)29(44)32(46)38-19-18-27(43)51-37(6,7)8;1-4(2,3)5/h22-26,28,30H,9-21H2,1-8H3,(H,38,46)(H,39,45)(H2,40,41,49);5H,1-3H3. The summed E-state index contributed by atoms with van der Waals surface area (Å²) >= 11 is 0. The van der Waals surface area contributed by atoms with Crippen molar-refractivity contribution in [2.45, 2.75) is 188 Å². The predicted octanol–water partition coefficient (Wildman–Crippen LogP) is 4.07. The quantitative estimate of drug-likeness (QED) is 0.119. The number of nitrogens with one attached hydrogen (secondary N) is 4. The number of likely N-dealkylation sites (tertiary alicyclic amines) is 1. The minimum absolute atomic E-state index is 0.0902. The average molecular weight is 794 g/mol. The van der Waals surface area contributed by atoms with Crippen LogP contribution in [0.25, 0.3) is 0 Å². The Kier molecular flexibility index (Phi) is 18.3. The molecule has 15 heteroatoms. The molecular weight excluding hydrogens is 722 g/mol. The van der Waals surface area contributed by atoms with Crippen LogP contribution >= 0.6 is 0 Å². The zero-order valence-electron chi connectivity index (χ0n) is 35.8. The number of rotatable bonds is 15. The Morgan fingerprint density at radius 2 is 1.38 bits per heavy atom. The van der Waals surface area contributed by atoms with Gasteiger partial charge in [0.2, 0.25) is 17.6 Å². The van der Waals surface area contributed by atoms with E-state index in [4.69, 9.17) is 14.6 Å². The first kappa shape index (κ1) is 48.4. The first-order chi connectivity index (χ1) is 25.8. The summed E-state index contributed by atoms with van der Waals surface area (Å²) in [5.41, 5.74) is -1.85. The van der Waals surface area contributed by atoms with E-state index in [2.05, 4.69) is 21.3 Å². The molecule has 0 radical (unpaired) electrons. The highest BCUT2D eigenvalue weighted by molar-refractivity contribution is 6.38.